The van der Waals surface area contributed by atoms with Gasteiger partial charge in [0.1, 0.15) is 0 Å². The Labute approximate surface area is 118 Å². The van der Waals surface area contributed by atoms with E-state index in [1.807, 2.05) is 11.3 Å². The van der Waals surface area contributed by atoms with Crippen molar-refractivity contribution in [2.45, 2.75) is 38.4 Å². The van der Waals surface area contributed by atoms with Gasteiger partial charge in [0, 0.05) is 35.3 Å². The molecule has 1 saturated heterocycles. The van der Waals surface area contributed by atoms with Crippen LogP contribution in [0.3, 0.4) is 0 Å². The van der Waals surface area contributed by atoms with E-state index in [2.05, 4.69) is 29.2 Å². The zero-order valence-electron chi connectivity index (χ0n) is 11.1. The Morgan fingerprint density at radius 3 is 2.89 bits per heavy atom. The molecule has 100 valence electrons. The molecule has 2 unspecified atom stereocenters. The third kappa shape index (κ3) is 1.92. The van der Waals surface area contributed by atoms with Crippen molar-refractivity contribution in [1.29, 1.82) is 0 Å². The second-order valence-corrected chi connectivity index (χ2v) is 7.10. The standard InChI is InChI=1S/C16H20N2S/c17-8-16-14(13-3-1-2-4-15(13)19-16)10-18-9-11-5-6-12(18)7-11/h1-4,11-12H,5-10,17H2. The van der Waals surface area contributed by atoms with Gasteiger partial charge in [0.2, 0.25) is 0 Å². The number of piperidine rings is 1. The average Bonchev–Trinajstić information content (AvgIpc) is 3.13. The molecule has 1 aromatic heterocycles. The maximum absolute atomic E-state index is 5.96. The Morgan fingerprint density at radius 2 is 2.16 bits per heavy atom. The third-order valence-corrected chi connectivity index (χ3v) is 6.09. The summed E-state index contributed by atoms with van der Waals surface area (Å²) >= 11 is 1.88. The van der Waals surface area contributed by atoms with E-state index < -0.39 is 0 Å². The average molecular weight is 272 g/mol. The Balaban J connectivity index is 1.70. The molecule has 2 N–H and O–H groups in total. The molecule has 1 saturated carbocycles. The summed E-state index contributed by atoms with van der Waals surface area (Å²) in [6.07, 6.45) is 4.29. The molecule has 2 atom stereocenters. The molecule has 1 aromatic carbocycles. The van der Waals surface area contributed by atoms with E-state index in [1.165, 1.54) is 46.3 Å². The van der Waals surface area contributed by atoms with E-state index in [-0.39, 0.29) is 0 Å². The lowest BCUT2D eigenvalue weighted by molar-refractivity contribution is 0.206. The first-order valence-corrected chi connectivity index (χ1v) is 8.10. The van der Waals surface area contributed by atoms with Crippen LogP contribution in [0.2, 0.25) is 0 Å². The highest BCUT2D eigenvalue weighted by molar-refractivity contribution is 7.19. The number of hydrogen-bond acceptors (Lipinski definition) is 3. The van der Waals surface area contributed by atoms with E-state index in [9.17, 15) is 0 Å². The summed E-state index contributed by atoms with van der Waals surface area (Å²) in [6.45, 7) is 3.09. The summed E-state index contributed by atoms with van der Waals surface area (Å²) in [5.74, 6) is 0.969. The molecular weight excluding hydrogens is 252 g/mol. The number of benzene rings is 1. The predicted molar refractivity (Wildman–Crippen MR) is 81.3 cm³/mol. The van der Waals surface area contributed by atoms with Crippen molar-refractivity contribution in [3.63, 3.8) is 0 Å². The minimum Gasteiger partial charge on any atom is -0.326 e. The first kappa shape index (κ1) is 11.9. The SMILES string of the molecule is NCc1sc2ccccc2c1CN1CC2CCC1C2. The van der Waals surface area contributed by atoms with Crippen LogP contribution in [0.1, 0.15) is 29.7 Å². The fraction of sp³-hybridized carbons (Fsp3) is 0.500. The minimum absolute atomic E-state index is 0.677. The van der Waals surface area contributed by atoms with E-state index in [0.717, 1.165) is 18.5 Å². The second kappa shape index (κ2) is 4.58. The van der Waals surface area contributed by atoms with Crippen LogP contribution in [0.15, 0.2) is 24.3 Å². The van der Waals surface area contributed by atoms with Gasteiger partial charge in [0.25, 0.3) is 0 Å². The zero-order chi connectivity index (χ0) is 12.8. The largest absolute Gasteiger partial charge is 0.326 e. The van der Waals surface area contributed by atoms with Gasteiger partial charge in [-0.25, -0.2) is 0 Å². The van der Waals surface area contributed by atoms with E-state index in [4.69, 9.17) is 5.73 Å². The Morgan fingerprint density at radius 1 is 1.26 bits per heavy atom. The number of hydrogen-bond donors (Lipinski definition) is 1. The van der Waals surface area contributed by atoms with Gasteiger partial charge in [0.15, 0.2) is 0 Å². The quantitative estimate of drug-likeness (QED) is 0.928. The summed E-state index contributed by atoms with van der Waals surface area (Å²) in [4.78, 5) is 4.07. The summed E-state index contributed by atoms with van der Waals surface area (Å²) in [6, 6.07) is 9.60. The molecule has 0 amide bonds. The Kier molecular flexibility index (Phi) is 2.87. The van der Waals surface area contributed by atoms with Gasteiger partial charge in [-0.1, -0.05) is 18.2 Å². The van der Waals surface area contributed by atoms with Crippen LogP contribution in [0, 0.1) is 5.92 Å². The van der Waals surface area contributed by atoms with Gasteiger partial charge in [-0.15, -0.1) is 11.3 Å². The molecule has 4 rings (SSSR count). The van der Waals surface area contributed by atoms with E-state index in [1.54, 1.807) is 0 Å². The molecule has 19 heavy (non-hydrogen) atoms. The molecule has 2 nitrogen and oxygen atoms in total. The van der Waals surface area contributed by atoms with E-state index >= 15 is 0 Å². The van der Waals surface area contributed by atoms with Crippen LogP contribution in [-0.2, 0) is 13.1 Å². The lowest BCUT2D eigenvalue weighted by Crippen LogP contribution is -2.31. The minimum atomic E-state index is 0.677. The number of rotatable bonds is 3. The molecule has 0 radical (unpaired) electrons. The maximum atomic E-state index is 5.96. The van der Waals surface area contributed by atoms with Gasteiger partial charge in [-0.3, -0.25) is 4.90 Å². The molecule has 2 heterocycles. The van der Waals surface area contributed by atoms with Crippen molar-refractivity contribution in [3.05, 3.63) is 34.7 Å². The van der Waals surface area contributed by atoms with Crippen LogP contribution in [0.5, 0.6) is 0 Å². The van der Waals surface area contributed by atoms with Gasteiger partial charge >= 0.3 is 0 Å². The monoisotopic (exact) mass is 272 g/mol. The van der Waals surface area contributed by atoms with E-state index in [0.29, 0.717) is 6.54 Å². The molecule has 3 heteroatoms. The Hall–Kier alpha value is -0.900. The highest BCUT2D eigenvalue weighted by Gasteiger charge is 2.37. The number of likely N-dealkylation sites (tertiary alicyclic amines) is 1. The van der Waals surface area contributed by atoms with Gasteiger partial charge in [-0.2, -0.15) is 0 Å². The molecule has 0 spiro atoms. The van der Waals surface area contributed by atoms with Crippen LogP contribution < -0.4 is 5.73 Å². The zero-order valence-corrected chi connectivity index (χ0v) is 12.0. The lowest BCUT2D eigenvalue weighted by Gasteiger charge is -2.27. The first-order valence-electron chi connectivity index (χ1n) is 7.28. The molecule has 1 aliphatic heterocycles. The van der Waals surface area contributed by atoms with Crippen LogP contribution >= 0.6 is 11.3 Å². The van der Waals surface area contributed by atoms with Crippen LogP contribution in [0.25, 0.3) is 10.1 Å². The number of nitrogens with zero attached hydrogens (tertiary/aromatic N) is 1. The smallest absolute Gasteiger partial charge is 0.0349 e. The molecule has 1 aliphatic carbocycles. The van der Waals surface area contributed by atoms with Crippen LogP contribution in [0.4, 0.5) is 0 Å². The van der Waals surface area contributed by atoms with Crippen molar-refractivity contribution in [3.8, 4) is 0 Å². The fourth-order valence-electron chi connectivity index (χ4n) is 3.91. The Bertz CT molecular complexity index is 604. The molecule has 2 fully saturated rings. The summed E-state index contributed by atoms with van der Waals surface area (Å²) in [5, 5.41) is 1.43. The molecule has 2 aromatic rings. The number of fused-ring (bicyclic) bond motifs is 3. The fourth-order valence-corrected chi connectivity index (χ4v) is 5.01. The van der Waals surface area contributed by atoms with Gasteiger partial charge < -0.3 is 5.73 Å². The predicted octanol–water partition coefficient (Wildman–Crippen LogP) is 3.34. The summed E-state index contributed by atoms with van der Waals surface area (Å²) < 4.78 is 1.39. The van der Waals surface area contributed by atoms with Gasteiger partial charge in [-0.05, 0) is 42.2 Å². The first-order chi connectivity index (χ1) is 9.35. The number of thiophene rings is 1. The normalized spacial score (nSPS) is 26.6. The van der Waals surface area contributed by atoms with Crippen molar-refractivity contribution in [2.24, 2.45) is 11.7 Å². The highest BCUT2D eigenvalue weighted by Crippen LogP contribution is 2.40. The lowest BCUT2D eigenvalue weighted by atomic mass is 10.1. The molecular formula is C16H20N2S. The van der Waals surface area contributed by atoms with Gasteiger partial charge in [0.05, 0.1) is 0 Å². The molecule has 2 aliphatic rings. The summed E-state index contributed by atoms with van der Waals surface area (Å²) in [5.41, 5.74) is 7.45. The summed E-state index contributed by atoms with van der Waals surface area (Å²) in [7, 11) is 0. The topological polar surface area (TPSA) is 29.3 Å². The van der Waals surface area contributed by atoms with Crippen molar-refractivity contribution in [2.75, 3.05) is 6.54 Å². The van der Waals surface area contributed by atoms with Crippen molar-refractivity contribution < 1.29 is 0 Å². The second-order valence-electron chi connectivity index (χ2n) is 5.97. The maximum Gasteiger partial charge on any atom is 0.0349 e. The van der Waals surface area contributed by atoms with Crippen molar-refractivity contribution in [1.82, 2.24) is 4.90 Å². The highest BCUT2D eigenvalue weighted by atomic mass is 32.1. The van der Waals surface area contributed by atoms with Crippen LogP contribution in [-0.4, -0.2) is 17.5 Å². The van der Waals surface area contributed by atoms with Crippen molar-refractivity contribution >= 4 is 21.4 Å². The number of nitrogens with two attached hydrogens (primary N) is 1. The third-order valence-electron chi connectivity index (χ3n) is 4.85. The molecule has 2 bridgehead atoms.